The fourth-order valence-electron chi connectivity index (χ4n) is 3.28. The molecule has 0 spiro atoms. The molecule has 0 aromatic heterocycles. The van der Waals surface area contributed by atoms with Gasteiger partial charge in [-0.2, -0.15) is 0 Å². The van der Waals surface area contributed by atoms with E-state index in [9.17, 15) is 9.18 Å². The maximum absolute atomic E-state index is 13.1. The fraction of sp³-hybridized carbons (Fsp3) is 0.588. The van der Waals surface area contributed by atoms with Crippen molar-refractivity contribution in [1.29, 1.82) is 0 Å². The van der Waals surface area contributed by atoms with Crippen LogP contribution in [0.4, 0.5) is 4.39 Å². The smallest absolute Gasteiger partial charge is 0.223 e. The first-order chi connectivity index (χ1) is 10.5. The van der Waals surface area contributed by atoms with Crippen molar-refractivity contribution in [3.05, 3.63) is 35.6 Å². The van der Waals surface area contributed by atoms with Gasteiger partial charge in [0.1, 0.15) is 5.82 Å². The second-order valence-corrected chi connectivity index (χ2v) is 6.31. The number of nitrogens with one attached hydrogen (secondary N) is 1. The molecule has 3 atom stereocenters. The van der Waals surface area contributed by atoms with E-state index in [0.29, 0.717) is 19.0 Å². The van der Waals surface area contributed by atoms with Crippen LogP contribution in [0.5, 0.6) is 0 Å². The molecule has 1 aliphatic carbocycles. The summed E-state index contributed by atoms with van der Waals surface area (Å²) in [6.07, 6.45) is 3.05. The molecule has 122 valence electrons. The molecule has 1 saturated carbocycles. The van der Waals surface area contributed by atoms with E-state index in [0.717, 1.165) is 24.8 Å². The summed E-state index contributed by atoms with van der Waals surface area (Å²) in [6.45, 7) is 1.10. The van der Waals surface area contributed by atoms with Crippen LogP contribution >= 0.6 is 0 Å². The predicted octanol–water partition coefficient (Wildman–Crippen LogP) is 1.92. The standard InChI is InChI=1S/C17H26FN3O/c1-21(2)16(12-6-8-14(18)9-7-12)11-20-17(22)15-5-3-4-13(15)10-19/h6-9,13,15-16H,3-5,10-11,19H2,1-2H3,(H,20,22)/t13-,15-,16?/m1/s1. The maximum Gasteiger partial charge on any atom is 0.223 e. The van der Waals surface area contributed by atoms with Crippen LogP contribution in [-0.2, 0) is 4.79 Å². The number of halogens is 1. The van der Waals surface area contributed by atoms with Crippen LogP contribution in [0, 0.1) is 17.7 Å². The molecule has 1 aliphatic rings. The zero-order valence-corrected chi connectivity index (χ0v) is 13.4. The predicted molar refractivity (Wildman–Crippen MR) is 85.7 cm³/mol. The van der Waals surface area contributed by atoms with Crippen molar-refractivity contribution in [2.75, 3.05) is 27.2 Å². The molecule has 0 radical (unpaired) electrons. The maximum atomic E-state index is 13.1. The molecule has 1 fully saturated rings. The van der Waals surface area contributed by atoms with Crippen LogP contribution in [-0.4, -0.2) is 38.0 Å². The van der Waals surface area contributed by atoms with Gasteiger partial charge in [-0.3, -0.25) is 4.79 Å². The van der Waals surface area contributed by atoms with Crippen LogP contribution in [0.25, 0.3) is 0 Å². The molecule has 0 heterocycles. The van der Waals surface area contributed by atoms with Crippen molar-refractivity contribution in [2.24, 2.45) is 17.6 Å². The minimum atomic E-state index is -0.248. The van der Waals surface area contributed by atoms with Gasteiger partial charge in [-0.05, 0) is 57.1 Å². The van der Waals surface area contributed by atoms with Gasteiger partial charge in [0.05, 0.1) is 6.04 Å². The van der Waals surface area contributed by atoms with Crippen LogP contribution in [0.3, 0.4) is 0 Å². The zero-order chi connectivity index (χ0) is 16.1. The number of hydrogen-bond acceptors (Lipinski definition) is 3. The first-order valence-corrected chi connectivity index (χ1v) is 7.92. The molecule has 1 aromatic rings. The van der Waals surface area contributed by atoms with Crippen LogP contribution in [0.2, 0.25) is 0 Å². The molecule has 1 unspecified atom stereocenters. The second kappa shape index (κ2) is 7.70. The minimum absolute atomic E-state index is 0.0299. The number of rotatable bonds is 6. The third-order valence-electron chi connectivity index (χ3n) is 4.65. The van der Waals surface area contributed by atoms with Gasteiger partial charge in [-0.1, -0.05) is 18.6 Å². The number of carbonyl (C=O) groups excluding carboxylic acids is 1. The molecule has 2 rings (SSSR count). The van der Waals surface area contributed by atoms with E-state index in [4.69, 9.17) is 5.73 Å². The Hall–Kier alpha value is -1.46. The summed E-state index contributed by atoms with van der Waals surface area (Å²) in [5.41, 5.74) is 6.74. The Bertz CT molecular complexity index is 489. The van der Waals surface area contributed by atoms with E-state index in [2.05, 4.69) is 5.32 Å². The highest BCUT2D eigenvalue weighted by Gasteiger charge is 2.32. The number of nitrogens with zero attached hydrogens (tertiary/aromatic N) is 1. The van der Waals surface area contributed by atoms with Gasteiger partial charge >= 0.3 is 0 Å². The van der Waals surface area contributed by atoms with E-state index in [1.165, 1.54) is 12.1 Å². The first kappa shape index (κ1) is 16.9. The average molecular weight is 307 g/mol. The number of nitrogens with two attached hydrogens (primary N) is 1. The summed E-state index contributed by atoms with van der Waals surface area (Å²) in [5, 5.41) is 3.05. The Morgan fingerprint density at radius 2 is 2.05 bits per heavy atom. The van der Waals surface area contributed by atoms with Crippen molar-refractivity contribution in [1.82, 2.24) is 10.2 Å². The van der Waals surface area contributed by atoms with E-state index in [1.807, 2.05) is 19.0 Å². The van der Waals surface area contributed by atoms with Crippen molar-refractivity contribution < 1.29 is 9.18 Å². The van der Waals surface area contributed by atoms with E-state index < -0.39 is 0 Å². The largest absolute Gasteiger partial charge is 0.354 e. The Kier molecular flexibility index (Phi) is 5.91. The lowest BCUT2D eigenvalue weighted by Crippen LogP contribution is -2.39. The van der Waals surface area contributed by atoms with Crippen molar-refractivity contribution >= 4 is 5.91 Å². The highest BCUT2D eigenvalue weighted by molar-refractivity contribution is 5.79. The third kappa shape index (κ3) is 4.05. The molecular weight excluding hydrogens is 281 g/mol. The van der Waals surface area contributed by atoms with Gasteiger partial charge < -0.3 is 16.0 Å². The van der Waals surface area contributed by atoms with Crippen LogP contribution in [0.1, 0.15) is 30.9 Å². The lowest BCUT2D eigenvalue weighted by atomic mass is 9.95. The summed E-state index contributed by atoms with van der Waals surface area (Å²) in [7, 11) is 3.91. The quantitative estimate of drug-likeness (QED) is 0.844. The molecule has 22 heavy (non-hydrogen) atoms. The Labute approximate surface area is 131 Å². The van der Waals surface area contributed by atoms with E-state index in [-0.39, 0.29) is 23.7 Å². The lowest BCUT2D eigenvalue weighted by molar-refractivity contribution is -0.126. The van der Waals surface area contributed by atoms with Gasteiger partial charge in [0.15, 0.2) is 0 Å². The second-order valence-electron chi connectivity index (χ2n) is 6.31. The number of amides is 1. The molecule has 1 amide bonds. The third-order valence-corrected chi connectivity index (χ3v) is 4.65. The van der Waals surface area contributed by atoms with Gasteiger partial charge in [0.25, 0.3) is 0 Å². The van der Waals surface area contributed by atoms with Gasteiger partial charge in [-0.15, -0.1) is 0 Å². The van der Waals surface area contributed by atoms with Crippen LogP contribution in [0.15, 0.2) is 24.3 Å². The molecule has 0 saturated heterocycles. The number of carbonyl (C=O) groups is 1. The Balaban J connectivity index is 1.97. The molecule has 4 nitrogen and oxygen atoms in total. The fourth-order valence-corrected chi connectivity index (χ4v) is 3.28. The van der Waals surface area contributed by atoms with Crippen molar-refractivity contribution in [3.63, 3.8) is 0 Å². The average Bonchev–Trinajstić information content (AvgIpc) is 2.97. The van der Waals surface area contributed by atoms with Gasteiger partial charge in [0.2, 0.25) is 5.91 Å². The Morgan fingerprint density at radius 1 is 1.36 bits per heavy atom. The number of benzene rings is 1. The summed E-state index contributed by atoms with van der Waals surface area (Å²) >= 11 is 0. The molecule has 1 aromatic carbocycles. The molecule has 5 heteroatoms. The van der Waals surface area contributed by atoms with Crippen molar-refractivity contribution in [2.45, 2.75) is 25.3 Å². The van der Waals surface area contributed by atoms with Gasteiger partial charge in [-0.25, -0.2) is 4.39 Å². The monoisotopic (exact) mass is 307 g/mol. The number of hydrogen-bond donors (Lipinski definition) is 2. The molecule has 0 aliphatic heterocycles. The Morgan fingerprint density at radius 3 is 2.64 bits per heavy atom. The molecule has 0 bridgehead atoms. The highest BCUT2D eigenvalue weighted by atomic mass is 19.1. The summed E-state index contributed by atoms with van der Waals surface area (Å²) in [6, 6.07) is 6.47. The minimum Gasteiger partial charge on any atom is -0.354 e. The van der Waals surface area contributed by atoms with E-state index >= 15 is 0 Å². The van der Waals surface area contributed by atoms with E-state index in [1.54, 1.807) is 12.1 Å². The normalized spacial score (nSPS) is 22.8. The summed E-state index contributed by atoms with van der Waals surface area (Å²) in [5.74, 6) is 0.202. The molecular formula is C17H26FN3O. The zero-order valence-electron chi connectivity index (χ0n) is 13.4. The summed E-state index contributed by atoms with van der Waals surface area (Å²) in [4.78, 5) is 14.4. The first-order valence-electron chi connectivity index (χ1n) is 7.92. The lowest BCUT2D eigenvalue weighted by Gasteiger charge is -2.26. The molecule has 3 N–H and O–H groups in total. The summed E-state index contributed by atoms with van der Waals surface area (Å²) < 4.78 is 13.1. The SMILES string of the molecule is CN(C)C(CNC(=O)[C@@H]1CCC[C@@H]1CN)c1ccc(F)cc1. The van der Waals surface area contributed by atoms with Crippen molar-refractivity contribution in [3.8, 4) is 0 Å². The topological polar surface area (TPSA) is 58.4 Å². The van der Waals surface area contributed by atoms with Gasteiger partial charge in [0, 0.05) is 12.5 Å². The highest BCUT2D eigenvalue weighted by Crippen LogP contribution is 2.31. The number of likely N-dealkylation sites (N-methyl/N-ethyl adjacent to an activating group) is 1. The van der Waals surface area contributed by atoms with Crippen LogP contribution < -0.4 is 11.1 Å².